The number of allylic oxidation sites excluding steroid dienone is 2. The quantitative estimate of drug-likeness (QED) is 0.779. The van der Waals surface area contributed by atoms with Crippen molar-refractivity contribution in [3.05, 3.63) is 39.9 Å². The molecule has 0 radical (unpaired) electrons. The minimum absolute atomic E-state index is 0.0146. The number of rotatable bonds is 3. The van der Waals surface area contributed by atoms with E-state index in [0.717, 1.165) is 17.3 Å². The van der Waals surface area contributed by atoms with Gasteiger partial charge in [-0.2, -0.15) is 0 Å². The van der Waals surface area contributed by atoms with Crippen molar-refractivity contribution >= 4 is 33.5 Å². The van der Waals surface area contributed by atoms with Crippen molar-refractivity contribution in [2.24, 2.45) is 23.7 Å². The zero-order valence-electron chi connectivity index (χ0n) is 13.2. The normalized spacial score (nSPS) is 28.7. The Morgan fingerprint density at radius 1 is 1.17 bits per heavy atom. The first kappa shape index (κ1) is 16.2. The number of fused-ring (bicyclic) bond motifs is 2. The van der Waals surface area contributed by atoms with Gasteiger partial charge in [-0.25, -0.2) is 0 Å². The number of carbonyl (C=O) groups excluding carboxylic acids is 1. The zero-order chi connectivity index (χ0) is 16.7. The van der Waals surface area contributed by atoms with Crippen molar-refractivity contribution in [1.29, 1.82) is 0 Å². The summed E-state index contributed by atoms with van der Waals surface area (Å²) in [4.78, 5) is 24.6. The molecule has 1 aromatic carbocycles. The van der Waals surface area contributed by atoms with Gasteiger partial charge in [0.1, 0.15) is 0 Å². The van der Waals surface area contributed by atoms with Gasteiger partial charge in [0.2, 0.25) is 5.91 Å². The van der Waals surface area contributed by atoms with Crippen LogP contribution in [0, 0.1) is 23.7 Å². The molecule has 1 aromatic rings. The van der Waals surface area contributed by atoms with Crippen LogP contribution in [-0.4, -0.2) is 17.0 Å². The molecule has 2 saturated carbocycles. The molecule has 0 aliphatic heterocycles. The molecule has 0 spiro atoms. The van der Waals surface area contributed by atoms with Gasteiger partial charge in [0.15, 0.2) is 0 Å². The number of carboxylic acids is 1. The fourth-order valence-corrected chi connectivity index (χ4v) is 4.80. The molecule has 2 aliphatic carbocycles. The molecule has 4 atom stereocenters. The van der Waals surface area contributed by atoms with Crippen LogP contribution in [0.2, 0.25) is 0 Å². The molecule has 1 amide bonds. The maximum Gasteiger partial charge on any atom is 0.307 e. The van der Waals surface area contributed by atoms with Gasteiger partial charge in [-0.3, -0.25) is 9.59 Å². The number of hydrogen-bond acceptors (Lipinski definition) is 2. The second-order valence-electron chi connectivity index (χ2n) is 6.64. The van der Waals surface area contributed by atoms with Crippen molar-refractivity contribution in [1.82, 2.24) is 0 Å². The summed E-state index contributed by atoms with van der Waals surface area (Å²) in [6.07, 6.45) is 1.79. The highest BCUT2D eigenvalue weighted by Crippen LogP contribution is 2.57. The van der Waals surface area contributed by atoms with Crippen LogP contribution in [0.3, 0.4) is 0 Å². The first-order valence-electron chi connectivity index (χ1n) is 7.86. The summed E-state index contributed by atoms with van der Waals surface area (Å²) in [5.74, 6) is -2.04. The van der Waals surface area contributed by atoms with Crippen LogP contribution >= 0.6 is 15.9 Å². The van der Waals surface area contributed by atoms with E-state index in [4.69, 9.17) is 0 Å². The lowest BCUT2D eigenvalue weighted by Crippen LogP contribution is -2.37. The summed E-state index contributed by atoms with van der Waals surface area (Å²) in [7, 11) is 0. The average molecular weight is 378 g/mol. The van der Waals surface area contributed by atoms with E-state index < -0.39 is 17.8 Å². The van der Waals surface area contributed by atoms with E-state index in [0.29, 0.717) is 5.69 Å². The smallest absolute Gasteiger partial charge is 0.307 e. The lowest BCUT2D eigenvalue weighted by atomic mass is 9.78. The van der Waals surface area contributed by atoms with Crippen molar-refractivity contribution in [2.45, 2.75) is 26.7 Å². The van der Waals surface area contributed by atoms with Crippen molar-refractivity contribution < 1.29 is 14.7 Å². The molecule has 3 rings (SSSR count). The topological polar surface area (TPSA) is 66.4 Å². The molecule has 122 valence electrons. The van der Waals surface area contributed by atoms with E-state index in [9.17, 15) is 14.7 Å². The summed E-state index contributed by atoms with van der Waals surface area (Å²) in [5, 5.41) is 12.6. The summed E-state index contributed by atoms with van der Waals surface area (Å²) in [6.45, 7) is 4.04. The summed E-state index contributed by atoms with van der Waals surface area (Å²) in [6, 6.07) is 7.36. The molecule has 2 bridgehead atoms. The Morgan fingerprint density at radius 2 is 1.83 bits per heavy atom. The molecule has 5 heteroatoms. The van der Waals surface area contributed by atoms with Crippen LogP contribution in [0.5, 0.6) is 0 Å². The first-order chi connectivity index (χ1) is 10.9. The van der Waals surface area contributed by atoms with Crippen LogP contribution in [-0.2, 0) is 9.59 Å². The maximum absolute atomic E-state index is 12.8. The fourth-order valence-electron chi connectivity index (χ4n) is 4.40. The summed E-state index contributed by atoms with van der Waals surface area (Å²) in [5.41, 5.74) is 3.06. The van der Waals surface area contributed by atoms with E-state index in [1.54, 1.807) is 0 Å². The number of nitrogens with one attached hydrogen (secondary N) is 1. The molecular formula is C18H20BrNO3. The van der Waals surface area contributed by atoms with Crippen LogP contribution in [0.25, 0.3) is 0 Å². The molecular weight excluding hydrogens is 358 g/mol. The monoisotopic (exact) mass is 377 g/mol. The van der Waals surface area contributed by atoms with Gasteiger partial charge in [0.05, 0.1) is 11.8 Å². The number of carboxylic acid groups (broad SMARTS) is 1. The summed E-state index contributed by atoms with van der Waals surface area (Å²) >= 11 is 3.38. The van der Waals surface area contributed by atoms with Crippen molar-refractivity contribution in [3.63, 3.8) is 0 Å². The van der Waals surface area contributed by atoms with Gasteiger partial charge in [0.25, 0.3) is 0 Å². The van der Waals surface area contributed by atoms with Crippen LogP contribution in [0.4, 0.5) is 5.69 Å². The third-order valence-electron chi connectivity index (χ3n) is 5.10. The third kappa shape index (κ3) is 2.82. The second-order valence-corrected chi connectivity index (χ2v) is 7.55. The van der Waals surface area contributed by atoms with E-state index >= 15 is 0 Å². The summed E-state index contributed by atoms with van der Waals surface area (Å²) < 4.78 is 0.878. The first-order valence-corrected chi connectivity index (χ1v) is 8.66. The van der Waals surface area contributed by atoms with Crippen LogP contribution in [0.15, 0.2) is 39.9 Å². The zero-order valence-corrected chi connectivity index (χ0v) is 14.8. The van der Waals surface area contributed by atoms with Crippen molar-refractivity contribution in [2.75, 3.05) is 5.32 Å². The second kappa shape index (κ2) is 6.11. The molecule has 0 aromatic heterocycles. The van der Waals surface area contributed by atoms with Gasteiger partial charge in [-0.15, -0.1) is 0 Å². The molecule has 4 nitrogen and oxygen atoms in total. The largest absolute Gasteiger partial charge is 0.481 e. The third-order valence-corrected chi connectivity index (χ3v) is 5.59. The number of amides is 1. The molecule has 23 heavy (non-hydrogen) atoms. The van der Waals surface area contributed by atoms with Crippen LogP contribution < -0.4 is 5.32 Å². The Labute approximate surface area is 144 Å². The van der Waals surface area contributed by atoms with E-state index in [2.05, 4.69) is 21.2 Å². The van der Waals surface area contributed by atoms with Gasteiger partial charge in [-0.05, 0) is 56.7 Å². The van der Waals surface area contributed by atoms with Gasteiger partial charge in [0, 0.05) is 10.2 Å². The molecule has 0 unspecified atom stereocenters. The van der Waals surface area contributed by atoms with Gasteiger partial charge >= 0.3 is 5.97 Å². The number of aliphatic carboxylic acids is 1. The number of carbonyl (C=O) groups is 2. The Kier molecular flexibility index (Phi) is 4.32. The van der Waals surface area contributed by atoms with E-state index in [1.165, 1.54) is 11.1 Å². The molecule has 0 heterocycles. The van der Waals surface area contributed by atoms with Gasteiger partial charge in [-0.1, -0.05) is 33.1 Å². The minimum atomic E-state index is -0.856. The Hall–Kier alpha value is -1.62. The average Bonchev–Trinajstić information content (AvgIpc) is 3.02. The maximum atomic E-state index is 12.8. The number of benzene rings is 1. The van der Waals surface area contributed by atoms with Crippen LogP contribution in [0.1, 0.15) is 26.7 Å². The number of hydrogen-bond donors (Lipinski definition) is 2. The standard InChI is InChI=1S/C18H20BrNO3/c1-9(2)14-12-6-7-13(14)16(18(22)23)15(12)17(21)20-11-5-3-4-10(19)8-11/h3-5,8,12-13,15-16H,6-7H2,1-2H3,(H,20,21)(H,22,23)/t12-,13-,15+,16+/m1/s1. The molecule has 2 N–H and O–H groups in total. The minimum Gasteiger partial charge on any atom is -0.481 e. The number of anilines is 1. The Morgan fingerprint density at radius 3 is 2.39 bits per heavy atom. The predicted molar refractivity (Wildman–Crippen MR) is 92.0 cm³/mol. The SMILES string of the molecule is CC(C)=C1[C@H]2CC[C@H]1[C@H](C(=O)Nc1cccc(Br)c1)[C@H]2C(=O)O. The Bertz CT molecular complexity index is 693. The Balaban J connectivity index is 1.90. The van der Waals surface area contributed by atoms with E-state index in [-0.39, 0.29) is 17.7 Å². The predicted octanol–water partition coefficient (Wildman–Crippen LogP) is 4.08. The van der Waals surface area contributed by atoms with Gasteiger partial charge < -0.3 is 10.4 Å². The fraction of sp³-hybridized carbons (Fsp3) is 0.444. The lowest BCUT2D eigenvalue weighted by Gasteiger charge is -2.26. The highest BCUT2D eigenvalue weighted by Gasteiger charge is 2.57. The highest BCUT2D eigenvalue weighted by molar-refractivity contribution is 9.10. The molecule has 2 fully saturated rings. The van der Waals surface area contributed by atoms with E-state index in [1.807, 2.05) is 38.1 Å². The number of halogens is 1. The molecule has 0 saturated heterocycles. The molecule has 2 aliphatic rings. The highest BCUT2D eigenvalue weighted by atomic mass is 79.9. The van der Waals surface area contributed by atoms with Crippen molar-refractivity contribution in [3.8, 4) is 0 Å². The lowest BCUT2D eigenvalue weighted by molar-refractivity contribution is -0.148.